The molecule has 5 nitrogen and oxygen atoms in total. The van der Waals surface area contributed by atoms with E-state index in [0.717, 1.165) is 12.7 Å². The lowest BCUT2D eigenvalue weighted by atomic mass is 9.95. The minimum atomic E-state index is -3.24. The van der Waals surface area contributed by atoms with E-state index in [-0.39, 0.29) is 23.8 Å². The molecule has 0 unspecified atom stereocenters. The number of nitrogens with zero attached hydrogens (tertiary/aromatic N) is 1. The Kier molecular flexibility index (Phi) is 5.02. The number of likely N-dealkylation sites (tertiary alicyclic amines) is 1. The van der Waals surface area contributed by atoms with Crippen molar-refractivity contribution in [3.63, 3.8) is 0 Å². The molecule has 28 heavy (non-hydrogen) atoms. The van der Waals surface area contributed by atoms with Crippen molar-refractivity contribution in [2.75, 3.05) is 19.3 Å². The van der Waals surface area contributed by atoms with Crippen LogP contribution in [0.25, 0.3) is 11.1 Å². The lowest BCUT2D eigenvalue weighted by molar-refractivity contribution is -0.131. The number of carbonyl (C=O) groups is 1. The minimum Gasteiger partial charge on any atom is -0.341 e. The van der Waals surface area contributed by atoms with Gasteiger partial charge in [0.25, 0.3) is 0 Å². The second-order valence-electron chi connectivity index (χ2n) is 8.07. The highest BCUT2D eigenvalue weighted by atomic mass is 32.2. The van der Waals surface area contributed by atoms with Crippen LogP contribution in [0.3, 0.4) is 0 Å². The Balaban J connectivity index is 1.47. The summed E-state index contributed by atoms with van der Waals surface area (Å²) in [4.78, 5) is 14.8. The summed E-state index contributed by atoms with van der Waals surface area (Å²) in [5.74, 6) is 0.399. The SMILES string of the molecule is Cc1cccc(-c2ccccc2[C@@H]2C[C@H]2C(=O)N2CC[C@@H](NS(C)(=O)=O)C2)c1. The van der Waals surface area contributed by atoms with Gasteiger partial charge in [0.2, 0.25) is 15.9 Å². The van der Waals surface area contributed by atoms with Crippen LogP contribution in [0.15, 0.2) is 48.5 Å². The lowest BCUT2D eigenvalue weighted by Gasteiger charge is -2.17. The highest BCUT2D eigenvalue weighted by molar-refractivity contribution is 7.88. The number of hydrogen-bond acceptors (Lipinski definition) is 3. The number of rotatable bonds is 5. The fourth-order valence-electron chi connectivity index (χ4n) is 4.30. The third kappa shape index (κ3) is 4.13. The fraction of sp³-hybridized carbons (Fsp3) is 0.409. The van der Waals surface area contributed by atoms with Crippen molar-refractivity contribution >= 4 is 15.9 Å². The average Bonchev–Trinajstić information content (AvgIpc) is 3.32. The third-order valence-electron chi connectivity index (χ3n) is 5.68. The molecule has 2 fully saturated rings. The summed E-state index contributed by atoms with van der Waals surface area (Å²) < 4.78 is 25.5. The first kappa shape index (κ1) is 19.2. The van der Waals surface area contributed by atoms with Gasteiger partial charge >= 0.3 is 0 Å². The van der Waals surface area contributed by atoms with Crippen LogP contribution in [0.5, 0.6) is 0 Å². The van der Waals surface area contributed by atoms with E-state index in [9.17, 15) is 13.2 Å². The van der Waals surface area contributed by atoms with Gasteiger partial charge in [-0.1, -0.05) is 54.1 Å². The molecular formula is C22H26N2O3S. The van der Waals surface area contributed by atoms with Crippen molar-refractivity contribution in [1.29, 1.82) is 0 Å². The zero-order valence-electron chi connectivity index (χ0n) is 16.3. The Hall–Kier alpha value is -2.18. The number of aryl methyl sites for hydroxylation is 1. The molecule has 148 valence electrons. The monoisotopic (exact) mass is 398 g/mol. The van der Waals surface area contributed by atoms with E-state index >= 15 is 0 Å². The Labute approximate surface area is 166 Å². The Morgan fingerprint density at radius 1 is 1.14 bits per heavy atom. The van der Waals surface area contributed by atoms with Crippen LogP contribution in [0.2, 0.25) is 0 Å². The van der Waals surface area contributed by atoms with Crippen LogP contribution >= 0.6 is 0 Å². The van der Waals surface area contributed by atoms with E-state index in [4.69, 9.17) is 0 Å². The highest BCUT2D eigenvalue weighted by Crippen LogP contribution is 2.51. The second-order valence-corrected chi connectivity index (χ2v) is 9.85. The summed E-state index contributed by atoms with van der Waals surface area (Å²) >= 11 is 0. The maximum atomic E-state index is 13.0. The third-order valence-corrected chi connectivity index (χ3v) is 6.44. The van der Waals surface area contributed by atoms with Crippen LogP contribution in [0.1, 0.15) is 29.9 Å². The van der Waals surface area contributed by atoms with Crippen molar-refractivity contribution in [1.82, 2.24) is 9.62 Å². The number of amides is 1. The van der Waals surface area contributed by atoms with Crippen molar-refractivity contribution in [2.24, 2.45) is 5.92 Å². The number of hydrogen-bond donors (Lipinski definition) is 1. The zero-order chi connectivity index (χ0) is 19.9. The molecule has 1 saturated heterocycles. The largest absolute Gasteiger partial charge is 0.341 e. The van der Waals surface area contributed by atoms with Gasteiger partial charge in [-0.2, -0.15) is 0 Å². The molecule has 1 N–H and O–H groups in total. The molecule has 0 aromatic heterocycles. The average molecular weight is 399 g/mol. The van der Waals surface area contributed by atoms with Crippen LogP contribution in [-0.4, -0.2) is 44.6 Å². The standard InChI is InChI=1S/C22H26N2O3S/c1-15-6-5-7-16(12-15)18-8-3-4-9-19(18)20-13-21(20)22(25)24-11-10-17(14-24)23-28(2,26)27/h3-9,12,17,20-21,23H,10-11,13-14H2,1-2H3/t17-,20+,21-/m1/s1. The summed E-state index contributed by atoms with van der Waals surface area (Å²) in [7, 11) is -3.24. The van der Waals surface area contributed by atoms with Gasteiger partial charge < -0.3 is 4.90 Å². The van der Waals surface area contributed by atoms with Crippen LogP contribution in [0, 0.1) is 12.8 Å². The van der Waals surface area contributed by atoms with Gasteiger partial charge in [0.15, 0.2) is 0 Å². The van der Waals surface area contributed by atoms with Crippen molar-refractivity contribution in [3.8, 4) is 11.1 Å². The van der Waals surface area contributed by atoms with Gasteiger partial charge in [0.05, 0.1) is 6.26 Å². The molecule has 3 atom stereocenters. The number of carbonyl (C=O) groups excluding carboxylic acids is 1. The van der Waals surface area contributed by atoms with Gasteiger partial charge in [-0.3, -0.25) is 4.79 Å². The molecular weight excluding hydrogens is 372 g/mol. The predicted octanol–water partition coefficient (Wildman–Crippen LogP) is 2.92. The maximum absolute atomic E-state index is 13.0. The number of benzene rings is 2. The molecule has 2 aromatic carbocycles. The normalized spacial score (nSPS) is 24.4. The molecule has 0 spiro atoms. The van der Waals surface area contributed by atoms with E-state index in [0.29, 0.717) is 19.5 Å². The Bertz CT molecular complexity index is 1000. The lowest BCUT2D eigenvalue weighted by Crippen LogP contribution is -2.38. The number of sulfonamides is 1. The minimum absolute atomic E-state index is 0.00272. The van der Waals surface area contributed by atoms with E-state index in [1.165, 1.54) is 22.3 Å². The second kappa shape index (κ2) is 7.33. The molecule has 1 saturated carbocycles. The molecule has 4 rings (SSSR count). The Morgan fingerprint density at radius 3 is 2.68 bits per heavy atom. The first-order valence-corrected chi connectivity index (χ1v) is 11.6. The van der Waals surface area contributed by atoms with Crippen molar-refractivity contribution in [3.05, 3.63) is 59.7 Å². The zero-order valence-corrected chi connectivity index (χ0v) is 17.1. The van der Waals surface area contributed by atoms with E-state index in [1.54, 1.807) is 0 Å². The van der Waals surface area contributed by atoms with E-state index < -0.39 is 10.0 Å². The molecule has 0 bridgehead atoms. The molecule has 2 aromatic rings. The predicted molar refractivity (Wildman–Crippen MR) is 110 cm³/mol. The van der Waals surface area contributed by atoms with Crippen LogP contribution in [0.4, 0.5) is 0 Å². The van der Waals surface area contributed by atoms with Crippen molar-refractivity contribution in [2.45, 2.75) is 31.7 Å². The summed E-state index contributed by atoms with van der Waals surface area (Å²) in [6.45, 7) is 3.17. The summed E-state index contributed by atoms with van der Waals surface area (Å²) in [5, 5.41) is 0. The Morgan fingerprint density at radius 2 is 1.93 bits per heavy atom. The van der Waals surface area contributed by atoms with Gasteiger partial charge in [0.1, 0.15) is 0 Å². The van der Waals surface area contributed by atoms with Gasteiger partial charge in [0, 0.05) is 25.0 Å². The summed E-state index contributed by atoms with van der Waals surface area (Å²) in [5.41, 5.74) is 4.84. The molecule has 6 heteroatoms. The quantitative estimate of drug-likeness (QED) is 0.842. The molecule has 0 radical (unpaired) electrons. The van der Waals surface area contributed by atoms with Crippen LogP contribution in [-0.2, 0) is 14.8 Å². The summed E-state index contributed by atoms with van der Waals surface area (Å²) in [6.07, 6.45) is 2.70. The fourth-order valence-corrected chi connectivity index (χ4v) is 5.10. The smallest absolute Gasteiger partial charge is 0.226 e. The highest BCUT2D eigenvalue weighted by Gasteiger charge is 2.47. The molecule has 1 amide bonds. The van der Waals surface area contributed by atoms with E-state index in [1.807, 2.05) is 17.0 Å². The topological polar surface area (TPSA) is 66.5 Å². The maximum Gasteiger partial charge on any atom is 0.226 e. The summed E-state index contributed by atoms with van der Waals surface area (Å²) in [6, 6.07) is 16.6. The molecule has 1 aliphatic heterocycles. The number of nitrogens with one attached hydrogen (secondary N) is 1. The van der Waals surface area contributed by atoms with Gasteiger partial charge in [-0.25, -0.2) is 13.1 Å². The van der Waals surface area contributed by atoms with E-state index in [2.05, 4.69) is 48.0 Å². The first-order chi connectivity index (χ1) is 13.3. The van der Waals surface area contributed by atoms with Crippen LogP contribution < -0.4 is 4.72 Å². The van der Waals surface area contributed by atoms with Gasteiger partial charge in [-0.15, -0.1) is 0 Å². The van der Waals surface area contributed by atoms with Crippen molar-refractivity contribution < 1.29 is 13.2 Å². The van der Waals surface area contributed by atoms with Gasteiger partial charge in [-0.05, 0) is 42.4 Å². The first-order valence-electron chi connectivity index (χ1n) is 9.74. The molecule has 2 aliphatic rings. The molecule has 1 aliphatic carbocycles. The molecule has 1 heterocycles.